The molecule has 78 valence electrons. The van der Waals surface area contributed by atoms with Crippen molar-refractivity contribution in [2.24, 2.45) is 7.05 Å². The number of halogens is 1. The van der Waals surface area contributed by atoms with Gasteiger partial charge in [-0.3, -0.25) is 0 Å². The van der Waals surface area contributed by atoms with Gasteiger partial charge in [-0.25, -0.2) is 9.48 Å². The Hall–Kier alpha value is -0.910. The van der Waals surface area contributed by atoms with Gasteiger partial charge in [0.25, 0.3) is 0 Å². The SMILES string of the molecule is Cn1nnc(Br)c1C(=O)OC(C)(C)C. The van der Waals surface area contributed by atoms with Crippen LogP contribution in [-0.4, -0.2) is 26.6 Å². The first kappa shape index (κ1) is 11.2. The third-order valence-electron chi connectivity index (χ3n) is 1.38. The monoisotopic (exact) mass is 261 g/mol. The summed E-state index contributed by atoms with van der Waals surface area (Å²) in [5, 5.41) is 7.38. The zero-order valence-electron chi connectivity index (χ0n) is 8.54. The molecule has 0 spiro atoms. The molecule has 1 aromatic heterocycles. The van der Waals surface area contributed by atoms with Gasteiger partial charge in [-0.05, 0) is 36.7 Å². The van der Waals surface area contributed by atoms with E-state index in [1.807, 2.05) is 20.8 Å². The molecule has 0 unspecified atom stereocenters. The summed E-state index contributed by atoms with van der Waals surface area (Å²) in [6.45, 7) is 5.42. The van der Waals surface area contributed by atoms with Crippen molar-refractivity contribution in [2.45, 2.75) is 26.4 Å². The average Bonchev–Trinajstić information content (AvgIpc) is 2.27. The number of carbonyl (C=O) groups is 1. The second-order valence-electron chi connectivity index (χ2n) is 3.85. The first-order valence-electron chi connectivity index (χ1n) is 4.10. The standard InChI is InChI=1S/C8H12BrN3O2/c1-8(2,3)14-7(13)5-6(9)10-11-12(5)4/h1-4H3. The van der Waals surface area contributed by atoms with Gasteiger partial charge in [0.1, 0.15) is 5.60 Å². The summed E-state index contributed by atoms with van der Waals surface area (Å²) in [6.07, 6.45) is 0. The summed E-state index contributed by atoms with van der Waals surface area (Å²) in [7, 11) is 1.64. The van der Waals surface area contributed by atoms with Crippen molar-refractivity contribution in [1.82, 2.24) is 15.0 Å². The summed E-state index contributed by atoms with van der Waals surface area (Å²) in [6, 6.07) is 0. The summed E-state index contributed by atoms with van der Waals surface area (Å²) in [4.78, 5) is 11.6. The van der Waals surface area contributed by atoms with E-state index in [1.165, 1.54) is 4.68 Å². The largest absolute Gasteiger partial charge is 0.455 e. The highest BCUT2D eigenvalue weighted by molar-refractivity contribution is 9.10. The maximum absolute atomic E-state index is 11.6. The van der Waals surface area contributed by atoms with Crippen LogP contribution in [0.2, 0.25) is 0 Å². The topological polar surface area (TPSA) is 57.0 Å². The number of esters is 1. The van der Waals surface area contributed by atoms with Gasteiger partial charge in [0, 0.05) is 7.05 Å². The molecule has 6 heteroatoms. The van der Waals surface area contributed by atoms with E-state index in [9.17, 15) is 4.79 Å². The van der Waals surface area contributed by atoms with Gasteiger partial charge in [0.05, 0.1) is 0 Å². The maximum atomic E-state index is 11.6. The van der Waals surface area contributed by atoms with Crippen LogP contribution in [0, 0.1) is 0 Å². The molecular formula is C8H12BrN3O2. The minimum Gasteiger partial charge on any atom is -0.455 e. The van der Waals surface area contributed by atoms with E-state index in [0.29, 0.717) is 10.3 Å². The predicted octanol–water partition coefficient (Wildman–Crippen LogP) is 1.53. The third-order valence-corrected chi connectivity index (χ3v) is 1.91. The molecule has 0 fully saturated rings. The number of nitrogens with zero attached hydrogens (tertiary/aromatic N) is 3. The molecule has 5 nitrogen and oxygen atoms in total. The Morgan fingerprint density at radius 2 is 2.07 bits per heavy atom. The fraction of sp³-hybridized carbons (Fsp3) is 0.625. The molecule has 0 aliphatic rings. The third kappa shape index (κ3) is 2.54. The number of hydrogen-bond acceptors (Lipinski definition) is 4. The Balaban J connectivity index is 2.90. The van der Waals surface area contributed by atoms with E-state index in [0.717, 1.165) is 0 Å². The summed E-state index contributed by atoms with van der Waals surface area (Å²) < 4.78 is 6.94. The van der Waals surface area contributed by atoms with Gasteiger partial charge in [-0.15, -0.1) is 5.10 Å². The van der Waals surface area contributed by atoms with Gasteiger partial charge in [0.2, 0.25) is 0 Å². The van der Waals surface area contributed by atoms with Crippen molar-refractivity contribution in [3.63, 3.8) is 0 Å². The second-order valence-corrected chi connectivity index (χ2v) is 4.61. The van der Waals surface area contributed by atoms with Gasteiger partial charge >= 0.3 is 5.97 Å². The fourth-order valence-electron chi connectivity index (χ4n) is 0.875. The van der Waals surface area contributed by atoms with Crippen LogP contribution < -0.4 is 0 Å². The van der Waals surface area contributed by atoms with Crippen LogP contribution in [0.25, 0.3) is 0 Å². The predicted molar refractivity (Wildman–Crippen MR) is 53.9 cm³/mol. The smallest absolute Gasteiger partial charge is 0.360 e. The van der Waals surface area contributed by atoms with E-state index in [2.05, 4.69) is 26.2 Å². The van der Waals surface area contributed by atoms with Gasteiger partial charge < -0.3 is 4.74 Å². The molecule has 0 amide bonds. The summed E-state index contributed by atoms with van der Waals surface area (Å²) in [5.74, 6) is -0.433. The highest BCUT2D eigenvalue weighted by Crippen LogP contribution is 2.16. The lowest BCUT2D eigenvalue weighted by atomic mass is 10.2. The van der Waals surface area contributed by atoms with E-state index in [1.54, 1.807) is 7.05 Å². The molecule has 0 atom stereocenters. The molecule has 1 heterocycles. The van der Waals surface area contributed by atoms with Crippen molar-refractivity contribution in [1.29, 1.82) is 0 Å². The van der Waals surface area contributed by atoms with Crippen LogP contribution in [-0.2, 0) is 11.8 Å². The quantitative estimate of drug-likeness (QED) is 0.720. The van der Waals surface area contributed by atoms with E-state index < -0.39 is 11.6 Å². The number of hydrogen-bond donors (Lipinski definition) is 0. The van der Waals surface area contributed by atoms with Crippen molar-refractivity contribution < 1.29 is 9.53 Å². The minimum atomic E-state index is -0.513. The van der Waals surface area contributed by atoms with Crippen molar-refractivity contribution >= 4 is 21.9 Å². The Bertz CT molecular complexity index is 334. The zero-order chi connectivity index (χ0) is 10.9. The van der Waals surface area contributed by atoms with E-state index in [-0.39, 0.29) is 0 Å². The number of rotatable bonds is 1. The molecule has 14 heavy (non-hydrogen) atoms. The van der Waals surface area contributed by atoms with Gasteiger partial charge in [0.15, 0.2) is 10.3 Å². The molecule has 0 bridgehead atoms. The molecule has 0 aliphatic carbocycles. The maximum Gasteiger partial charge on any atom is 0.360 e. The molecule has 0 radical (unpaired) electrons. The van der Waals surface area contributed by atoms with Crippen molar-refractivity contribution in [2.75, 3.05) is 0 Å². The molecule has 1 aromatic rings. The molecule has 0 aromatic carbocycles. The molecule has 0 saturated heterocycles. The normalized spacial score (nSPS) is 11.5. The Morgan fingerprint density at radius 1 is 1.50 bits per heavy atom. The Kier molecular flexibility index (Phi) is 2.94. The lowest BCUT2D eigenvalue weighted by molar-refractivity contribution is 0.00565. The fourth-order valence-corrected chi connectivity index (χ4v) is 1.36. The number of aryl methyl sites for hydroxylation is 1. The lowest BCUT2D eigenvalue weighted by Gasteiger charge is -2.19. The number of ether oxygens (including phenoxy) is 1. The average molecular weight is 262 g/mol. The Morgan fingerprint density at radius 3 is 2.43 bits per heavy atom. The summed E-state index contributed by atoms with van der Waals surface area (Å²) in [5.41, 5.74) is -0.194. The van der Waals surface area contributed by atoms with Crippen LogP contribution in [0.5, 0.6) is 0 Å². The van der Waals surface area contributed by atoms with Gasteiger partial charge in [-0.1, -0.05) is 5.21 Å². The summed E-state index contributed by atoms with van der Waals surface area (Å²) >= 11 is 3.13. The molecule has 0 N–H and O–H groups in total. The molecule has 0 aliphatic heterocycles. The highest BCUT2D eigenvalue weighted by atomic mass is 79.9. The van der Waals surface area contributed by atoms with Gasteiger partial charge in [-0.2, -0.15) is 0 Å². The molecular weight excluding hydrogens is 250 g/mol. The van der Waals surface area contributed by atoms with Crippen LogP contribution in [0.3, 0.4) is 0 Å². The Labute approximate surface area is 90.6 Å². The van der Waals surface area contributed by atoms with E-state index in [4.69, 9.17) is 4.74 Å². The highest BCUT2D eigenvalue weighted by Gasteiger charge is 2.23. The van der Waals surface area contributed by atoms with Crippen LogP contribution in [0.4, 0.5) is 0 Å². The number of aromatic nitrogens is 3. The molecule has 1 rings (SSSR count). The lowest BCUT2D eigenvalue weighted by Crippen LogP contribution is -2.25. The van der Waals surface area contributed by atoms with Crippen LogP contribution in [0.1, 0.15) is 31.3 Å². The first-order valence-corrected chi connectivity index (χ1v) is 4.89. The van der Waals surface area contributed by atoms with Crippen LogP contribution >= 0.6 is 15.9 Å². The molecule has 0 saturated carbocycles. The van der Waals surface area contributed by atoms with Crippen molar-refractivity contribution in [3.05, 3.63) is 10.3 Å². The van der Waals surface area contributed by atoms with E-state index >= 15 is 0 Å². The van der Waals surface area contributed by atoms with Crippen molar-refractivity contribution in [3.8, 4) is 0 Å². The first-order chi connectivity index (χ1) is 6.31. The number of carbonyl (C=O) groups excluding carboxylic acids is 1. The second kappa shape index (κ2) is 3.68. The van der Waals surface area contributed by atoms with Crippen LogP contribution in [0.15, 0.2) is 4.60 Å². The minimum absolute atomic E-state index is 0.319. The zero-order valence-corrected chi connectivity index (χ0v) is 10.1.